The van der Waals surface area contributed by atoms with Crippen molar-refractivity contribution in [3.63, 3.8) is 0 Å². The topological polar surface area (TPSA) is 52.0 Å². The molecule has 0 bridgehead atoms. The summed E-state index contributed by atoms with van der Waals surface area (Å²) >= 11 is 0. The van der Waals surface area contributed by atoms with Gasteiger partial charge in [0.25, 0.3) is 0 Å². The highest BCUT2D eigenvalue weighted by molar-refractivity contribution is 6.37. The van der Waals surface area contributed by atoms with Gasteiger partial charge >= 0.3 is 0 Å². The number of Topliss-reactive ketones (excluding diaryl/α,β-unsaturated/α-hetero) is 1. The summed E-state index contributed by atoms with van der Waals surface area (Å²) in [5.41, 5.74) is 1.92. The van der Waals surface area contributed by atoms with E-state index in [1.54, 1.807) is 12.1 Å². The highest BCUT2D eigenvalue weighted by atomic mass is 16.1. The van der Waals surface area contributed by atoms with Gasteiger partial charge in [0.1, 0.15) is 5.69 Å². The number of ketones is 2. The standard InChI is InChI=1S/C18H18N2O2/c1-2-3-4-10-20-11-6-8-15(20)14-12-16(21)17-13(18(14)22)7-5-9-19-17/h5-9,11-12H,2-4,10H2,1H3. The van der Waals surface area contributed by atoms with Gasteiger partial charge in [-0.05, 0) is 30.7 Å². The summed E-state index contributed by atoms with van der Waals surface area (Å²) in [5.74, 6) is -0.329. The molecule has 1 aliphatic carbocycles. The van der Waals surface area contributed by atoms with Crippen LogP contribution in [-0.4, -0.2) is 21.1 Å². The zero-order valence-electron chi connectivity index (χ0n) is 12.6. The first-order valence-corrected chi connectivity index (χ1v) is 7.63. The first-order chi connectivity index (χ1) is 10.7. The van der Waals surface area contributed by atoms with Crippen molar-refractivity contribution in [2.75, 3.05) is 0 Å². The average molecular weight is 294 g/mol. The summed E-state index contributed by atoms with van der Waals surface area (Å²) in [6, 6.07) is 7.16. The van der Waals surface area contributed by atoms with Gasteiger partial charge in [-0.3, -0.25) is 14.6 Å². The number of hydrogen-bond donors (Lipinski definition) is 0. The van der Waals surface area contributed by atoms with Crippen molar-refractivity contribution in [3.05, 3.63) is 59.7 Å². The van der Waals surface area contributed by atoms with Crippen molar-refractivity contribution in [1.29, 1.82) is 0 Å². The summed E-state index contributed by atoms with van der Waals surface area (Å²) in [7, 11) is 0. The molecule has 0 spiro atoms. The Bertz CT molecular complexity index is 756. The lowest BCUT2D eigenvalue weighted by molar-refractivity contribution is 0.0997. The average Bonchev–Trinajstić information content (AvgIpc) is 2.99. The van der Waals surface area contributed by atoms with E-state index in [-0.39, 0.29) is 17.3 Å². The number of pyridine rings is 1. The van der Waals surface area contributed by atoms with Crippen LogP contribution >= 0.6 is 0 Å². The van der Waals surface area contributed by atoms with Crippen LogP contribution < -0.4 is 0 Å². The molecule has 0 saturated carbocycles. The Hall–Kier alpha value is -2.49. The number of fused-ring (bicyclic) bond motifs is 1. The molecular formula is C18H18N2O2. The van der Waals surface area contributed by atoms with Crippen molar-refractivity contribution >= 4 is 17.1 Å². The molecule has 0 N–H and O–H groups in total. The third kappa shape index (κ3) is 2.52. The molecule has 0 unspecified atom stereocenters. The monoisotopic (exact) mass is 294 g/mol. The van der Waals surface area contributed by atoms with Crippen LogP contribution in [0.15, 0.2) is 42.7 Å². The SMILES string of the molecule is CCCCCn1cccc1C1=CC(=O)c2ncccc2C1=O. The number of aromatic nitrogens is 2. The smallest absolute Gasteiger partial charge is 0.205 e. The Morgan fingerprint density at radius 1 is 1.14 bits per heavy atom. The Morgan fingerprint density at radius 2 is 2.00 bits per heavy atom. The van der Waals surface area contributed by atoms with Gasteiger partial charge < -0.3 is 4.57 Å². The number of allylic oxidation sites excluding steroid dienone is 2. The summed E-state index contributed by atoms with van der Waals surface area (Å²) < 4.78 is 2.05. The van der Waals surface area contributed by atoms with Crippen molar-refractivity contribution in [2.24, 2.45) is 0 Å². The number of rotatable bonds is 5. The van der Waals surface area contributed by atoms with Gasteiger partial charge in [0.15, 0.2) is 5.78 Å². The molecule has 2 heterocycles. The zero-order valence-corrected chi connectivity index (χ0v) is 12.6. The Kier molecular flexibility index (Phi) is 4.00. The fraction of sp³-hybridized carbons (Fsp3) is 0.278. The lowest BCUT2D eigenvalue weighted by Gasteiger charge is -2.16. The van der Waals surface area contributed by atoms with E-state index < -0.39 is 0 Å². The van der Waals surface area contributed by atoms with E-state index >= 15 is 0 Å². The molecule has 3 rings (SSSR count). The van der Waals surface area contributed by atoms with E-state index in [4.69, 9.17) is 0 Å². The molecule has 2 aromatic rings. The van der Waals surface area contributed by atoms with Crippen LogP contribution in [0.5, 0.6) is 0 Å². The zero-order chi connectivity index (χ0) is 15.5. The largest absolute Gasteiger partial charge is 0.347 e. The molecule has 0 aliphatic heterocycles. The van der Waals surface area contributed by atoms with Crippen LogP contribution in [0.3, 0.4) is 0 Å². The molecule has 0 atom stereocenters. The normalized spacial score (nSPS) is 14.0. The van der Waals surface area contributed by atoms with Crippen molar-refractivity contribution in [3.8, 4) is 0 Å². The van der Waals surface area contributed by atoms with Gasteiger partial charge in [-0.1, -0.05) is 19.8 Å². The predicted octanol–water partition coefficient (Wildman–Crippen LogP) is 3.54. The fourth-order valence-corrected chi connectivity index (χ4v) is 2.77. The molecule has 0 saturated heterocycles. The summed E-state index contributed by atoms with van der Waals surface area (Å²) in [5, 5.41) is 0. The second-order valence-electron chi connectivity index (χ2n) is 5.44. The highest BCUT2D eigenvalue weighted by Crippen LogP contribution is 2.27. The maximum absolute atomic E-state index is 12.7. The van der Waals surface area contributed by atoms with E-state index in [9.17, 15) is 9.59 Å². The van der Waals surface area contributed by atoms with E-state index in [0.29, 0.717) is 11.1 Å². The maximum Gasteiger partial charge on any atom is 0.205 e. The van der Waals surface area contributed by atoms with Crippen LogP contribution in [-0.2, 0) is 6.54 Å². The molecule has 0 radical (unpaired) electrons. The number of carbonyl (C=O) groups excluding carboxylic acids is 2. The minimum Gasteiger partial charge on any atom is -0.347 e. The number of carbonyl (C=O) groups is 2. The lowest BCUT2D eigenvalue weighted by Crippen LogP contribution is -2.19. The van der Waals surface area contributed by atoms with Gasteiger partial charge in [-0.2, -0.15) is 0 Å². The number of hydrogen-bond acceptors (Lipinski definition) is 3. The number of unbranched alkanes of at least 4 members (excludes halogenated alkanes) is 2. The summed E-state index contributed by atoms with van der Waals surface area (Å²) in [4.78, 5) is 28.9. The van der Waals surface area contributed by atoms with Crippen LogP contribution in [0.1, 0.15) is 52.7 Å². The van der Waals surface area contributed by atoms with Crippen molar-refractivity contribution in [1.82, 2.24) is 9.55 Å². The second kappa shape index (κ2) is 6.10. The molecule has 112 valence electrons. The number of aryl methyl sites for hydroxylation is 1. The van der Waals surface area contributed by atoms with Gasteiger partial charge in [-0.15, -0.1) is 0 Å². The first-order valence-electron chi connectivity index (χ1n) is 7.63. The molecule has 0 fully saturated rings. The van der Waals surface area contributed by atoms with E-state index in [0.717, 1.165) is 31.5 Å². The highest BCUT2D eigenvalue weighted by Gasteiger charge is 2.28. The summed E-state index contributed by atoms with van der Waals surface area (Å²) in [6.45, 7) is 3.02. The second-order valence-corrected chi connectivity index (χ2v) is 5.44. The van der Waals surface area contributed by atoms with Crippen LogP contribution in [0.25, 0.3) is 5.57 Å². The molecule has 4 heteroatoms. The van der Waals surface area contributed by atoms with Gasteiger partial charge in [0.2, 0.25) is 5.78 Å². The molecule has 0 amide bonds. The first kappa shape index (κ1) is 14.4. The Labute approximate surface area is 129 Å². The van der Waals surface area contributed by atoms with E-state index in [1.807, 2.05) is 22.9 Å². The van der Waals surface area contributed by atoms with Crippen LogP contribution in [0.2, 0.25) is 0 Å². The third-order valence-electron chi connectivity index (χ3n) is 3.91. The van der Waals surface area contributed by atoms with Crippen molar-refractivity contribution < 1.29 is 9.59 Å². The van der Waals surface area contributed by atoms with E-state index in [2.05, 4.69) is 11.9 Å². The maximum atomic E-state index is 12.7. The minimum absolute atomic E-state index is 0.127. The molecule has 4 nitrogen and oxygen atoms in total. The third-order valence-corrected chi connectivity index (χ3v) is 3.91. The van der Waals surface area contributed by atoms with Gasteiger partial charge in [0, 0.05) is 25.0 Å². The van der Waals surface area contributed by atoms with E-state index in [1.165, 1.54) is 12.3 Å². The minimum atomic E-state index is -0.202. The molecule has 22 heavy (non-hydrogen) atoms. The summed E-state index contributed by atoms with van der Waals surface area (Å²) in [6.07, 6.45) is 8.28. The number of nitrogens with zero attached hydrogens (tertiary/aromatic N) is 2. The molecular weight excluding hydrogens is 276 g/mol. The fourth-order valence-electron chi connectivity index (χ4n) is 2.77. The van der Waals surface area contributed by atoms with Gasteiger partial charge in [0.05, 0.1) is 16.8 Å². The molecule has 0 aromatic carbocycles. The van der Waals surface area contributed by atoms with Crippen molar-refractivity contribution in [2.45, 2.75) is 32.7 Å². The predicted molar refractivity (Wildman–Crippen MR) is 84.8 cm³/mol. The van der Waals surface area contributed by atoms with Gasteiger partial charge in [-0.25, -0.2) is 0 Å². The lowest BCUT2D eigenvalue weighted by atomic mass is 9.91. The molecule has 1 aliphatic rings. The Morgan fingerprint density at radius 3 is 2.82 bits per heavy atom. The van der Waals surface area contributed by atoms with Crippen LogP contribution in [0, 0.1) is 0 Å². The molecule has 2 aromatic heterocycles. The Balaban J connectivity index is 1.95. The van der Waals surface area contributed by atoms with Crippen LogP contribution in [0.4, 0.5) is 0 Å². The quantitative estimate of drug-likeness (QED) is 0.793.